The summed E-state index contributed by atoms with van der Waals surface area (Å²) in [6.45, 7) is 1.91. The van der Waals surface area contributed by atoms with Gasteiger partial charge in [-0.15, -0.1) is 18.3 Å². The van der Waals surface area contributed by atoms with Crippen molar-refractivity contribution in [2.75, 3.05) is 0 Å². The number of hydrogen-bond donors (Lipinski definition) is 0. The molecule has 0 amide bonds. The summed E-state index contributed by atoms with van der Waals surface area (Å²) in [5, 5.41) is 8.73. The zero-order chi connectivity index (χ0) is 21.3. The Bertz CT molecular complexity index is 1250. The smallest absolute Gasteiger partial charge is 0.487 e. The number of benzene rings is 2. The minimum atomic E-state index is -4.75. The second-order valence-electron chi connectivity index (χ2n) is 6.39. The molecule has 30 heavy (non-hydrogen) atoms. The van der Waals surface area contributed by atoms with Crippen LogP contribution in [0.3, 0.4) is 0 Å². The number of ether oxygens (including phenoxy) is 2. The summed E-state index contributed by atoms with van der Waals surface area (Å²) in [4.78, 5) is 11.5. The molecule has 0 N–H and O–H groups in total. The molecule has 7 nitrogen and oxygen atoms in total. The van der Waals surface area contributed by atoms with Gasteiger partial charge in [0.05, 0.1) is 11.9 Å². The number of aromatic nitrogens is 3. The molecule has 10 heteroatoms. The Morgan fingerprint density at radius 2 is 1.80 bits per heavy atom. The third kappa shape index (κ3) is 4.43. The normalized spacial score (nSPS) is 11.6. The van der Waals surface area contributed by atoms with Crippen molar-refractivity contribution in [1.82, 2.24) is 15.0 Å². The van der Waals surface area contributed by atoms with Crippen LogP contribution in [-0.4, -0.2) is 21.4 Å². The number of nitrogens with zero attached hydrogens (tertiary/aromatic N) is 3. The molecule has 0 atom stereocenters. The quantitative estimate of drug-likeness (QED) is 0.454. The summed E-state index contributed by atoms with van der Waals surface area (Å²) in [5.41, 5.74) is 1.79. The fourth-order valence-corrected chi connectivity index (χ4v) is 2.84. The van der Waals surface area contributed by atoms with Crippen LogP contribution in [0.5, 0.6) is 11.5 Å². The van der Waals surface area contributed by atoms with Gasteiger partial charge in [0, 0.05) is 17.5 Å². The van der Waals surface area contributed by atoms with Crippen LogP contribution in [0.4, 0.5) is 13.2 Å². The van der Waals surface area contributed by atoms with E-state index >= 15 is 0 Å². The van der Waals surface area contributed by atoms with Gasteiger partial charge in [-0.05, 0) is 48.9 Å². The van der Waals surface area contributed by atoms with Crippen LogP contribution in [0.2, 0.25) is 0 Å². The maximum absolute atomic E-state index is 12.2. The van der Waals surface area contributed by atoms with E-state index in [0.717, 1.165) is 10.9 Å². The molecular weight excluding hydrogens is 403 g/mol. The van der Waals surface area contributed by atoms with Crippen LogP contribution in [0.15, 0.2) is 63.9 Å². The lowest BCUT2D eigenvalue weighted by Crippen LogP contribution is -2.17. The Hall–Kier alpha value is -3.82. The van der Waals surface area contributed by atoms with Gasteiger partial charge in [-0.25, -0.2) is 9.48 Å². The number of hydrogen-bond acceptors (Lipinski definition) is 6. The van der Waals surface area contributed by atoms with E-state index in [-0.39, 0.29) is 12.4 Å². The molecule has 0 saturated carbocycles. The van der Waals surface area contributed by atoms with E-state index in [1.54, 1.807) is 24.4 Å². The van der Waals surface area contributed by atoms with Gasteiger partial charge in [-0.3, -0.25) is 0 Å². The van der Waals surface area contributed by atoms with E-state index in [1.807, 2.05) is 6.92 Å². The number of aryl methyl sites for hydroxylation is 1. The summed E-state index contributed by atoms with van der Waals surface area (Å²) in [7, 11) is 0. The molecule has 2 aromatic carbocycles. The van der Waals surface area contributed by atoms with Gasteiger partial charge in [0.2, 0.25) is 0 Å². The largest absolute Gasteiger partial charge is 0.573 e. The van der Waals surface area contributed by atoms with E-state index in [9.17, 15) is 18.0 Å². The summed E-state index contributed by atoms with van der Waals surface area (Å²) < 4.78 is 52.8. The molecule has 4 rings (SSSR count). The number of alkyl halides is 3. The third-order valence-electron chi connectivity index (χ3n) is 4.19. The van der Waals surface area contributed by atoms with Crippen LogP contribution in [-0.2, 0) is 6.61 Å². The van der Waals surface area contributed by atoms with E-state index in [1.165, 1.54) is 35.0 Å². The molecule has 0 aliphatic carbocycles. The van der Waals surface area contributed by atoms with E-state index < -0.39 is 12.0 Å². The Labute approximate surface area is 167 Å². The molecule has 0 bridgehead atoms. The first-order valence-electron chi connectivity index (χ1n) is 8.71. The van der Waals surface area contributed by atoms with Gasteiger partial charge < -0.3 is 13.9 Å². The highest BCUT2D eigenvalue weighted by atomic mass is 19.4. The molecule has 0 aliphatic heterocycles. The first-order chi connectivity index (χ1) is 14.3. The SMILES string of the molecule is Cc1cc(=O)oc2cc(OCc3cn(-c4ccc(OC(F)(F)F)cc4)nn3)ccc12. The average molecular weight is 417 g/mol. The highest BCUT2D eigenvalue weighted by molar-refractivity contribution is 5.81. The van der Waals surface area contributed by atoms with Gasteiger partial charge >= 0.3 is 12.0 Å². The van der Waals surface area contributed by atoms with Gasteiger partial charge in [-0.1, -0.05) is 5.21 Å². The zero-order valence-electron chi connectivity index (χ0n) is 15.5. The highest BCUT2D eigenvalue weighted by Crippen LogP contribution is 2.24. The topological polar surface area (TPSA) is 79.4 Å². The summed E-state index contributed by atoms with van der Waals surface area (Å²) in [6, 6.07) is 11.8. The Morgan fingerprint density at radius 1 is 1.07 bits per heavy atom. The van der Waals surface area contributed by atoms with Crippen LogP contribution >= 0.6 is 0 Å². The Kier molecular flexibility index (Phi) is 4.90. The molecule has 0 fully saturated rings. The lowest BCUT2D eigenvalue weighted by atomic mass is 10.1. The first kappa shape index (κ1) is 19.5. The number of halogens is 3. The second-order valence-corrected chi connectivity index (χ2v) is 6.39. The van der Waals surface area contributed by atoms with Gasteiger partial charge in [-0.2, -0.15) is 0 Å². The highest BCUT2D eigenvalue weighted by Gasteiger charge is 2.31. The summed E-state index contributed by atoms with van der Waals surface area (Å²) >= 11 is 0. The third-order valence-corrected chi connectivity index (χ3v) is 4.19. The number of rotatable bonds is 5. The fraction of sp³-hybridized carbons (Fsp3) is 0.150. The molecule has 0 saturated heterocycles. The summed E-state index contributed by atoms with van der Waals surface area (Å²) in [6.07, 6.45) is -3.16. The monoisotopic (exact) mass is 417 g/mol. The predicted molar refractivity (Wildman–Crippen MR) is 99.6 cm³/mol. The number of fused-ring (bicyclic) bond motifs is 1. The molecule has 0 radical (unpaired) electrons. The lowest BCUT2D eigenvalue weighted by Gasteiger charge is -2.09. The molecular formula is C20H14F3N3O4. The first-order valence-corrected chi connectivity index (χ1v) is 8.71. The van der Waals surface area contributed by atoms with Crippen molar-refractivity contribution in [3.63, 3.8) is 0 Å². The van der Waals surface area contributed by atoms with Gasteiger partial charge in [0.15, 0.2) is 0 Å². The van der Waals surface area contributed by atoms with Crippen molar-refractivity contribution in [3.8, 4) is 17.2 Å². The van der Waals surface area contributed by atoms with E-state index in [0.29, 0.717) is 22.7 Å². The van der Waals surface area contributed by atoms with Crippen molar-refractivity contribution < 1.29 is 27.1 Å². The van der Waals surface area contributed by atoms with Crippen molar-refractivity contribution in [1.29, 1.82) is 0 Å². The molecule has 2 heterocycles. The zero-order valence-corrected chi connectivity index (χ0v) is 15.5. The maximum Gasteiger partial charge on any atom is 0.573 e. The lowest BCUT2D eigenvalue weighted by molar-refractivity contribution is -0.274. The fourth-order valence-electron chi connectivity index (χ4n) is 2.84. The molecule has 0 spiro atoms. The standard InChI is InChI=1S/C20H14F3N3O4/c1-12-8-19(27)29-18-9-16(6-7-17(12)18)28-11-13-10-26(25-24-13)14-2-4-15(5-3-14)30-20(21,22)23/h2-10H,11H2,1H3. The molecule has 154 valence electrons. The van der Waals surface area contributed by atoms with Crippen LogP contribution in [0.1, 0.15) is 11.3 Å². The van der Waals surface area contributed by atoms with Crippen LogP contribution in [0, 0.1) is 6.92 Å². The minimum absolute atomic E-state index is 0.0941. The van der Waals surface area contributed by atoms with Gasteiger partial charge in [0.25, 0.3) is 0 Å². The molecule has 4 aromatic rings. The second kappa shape index (κ2) is 7.54. The average Bonchev–Trinajstić information content (AvgIpc) is 3.14. The van der Waals surface area contributed by atoms with Crippen molar-refractivity contribution in [2.45, 2.75) is 19.9 Å². The van der Waals surface area contributed by atoms with Gasteiger partial charge in [0.1, 0.15) is 29.4 Å². The van der Waals surface area contributed by atoms with E-state index in [4.69, 9.17) is 9.15 Å². The van der Waals surface area contributed by atoms with Crippen molar-refractivity contribution in [2.24, 2.45) is 0 Å². The van der Waals surface area contributed by atoms with Crippen molar-refractivity contribution >= 4 is 11.0 Å². The molecule has 0 unspecified atom stereocenters. The minimum Gasteiger partial charge on any atom is -0.487 e. The summed E-state index contributed by atoms with van der Waals surface area (Å²) in [5.74, 6) is 0.160. The molecule has 2 aromatic heterocycles. The predicted octanol–water partition coefficient (Wildman–Crippen LogP) is 4.16. The van der Waals surface area contributed by atoms with Crippen molar-refractivity contribution in [3.05, 3.63) is 76.4 Å². The van der Waals surface area contributed by atoms with Crippen LogP contribution < -0.4 is 15.1 Å². The molecule has 0 aliphatic rings. The van der Waals surface area contributed by atoms with E-state index in [2.05, 4.69) is 15.0 Å². The Balaban J connectivity index is 1.45. The van der Waals surface area contributed by atoms with Crippen LogP contribution in [0.25, 0.3) is 16.7 Å². The maximum atomic E-state index is 12.2. The Morgan fingerprint density at radius 3 is 2.53 bits per heavy atom.